The smallest absolute Gasteiger partial charge is 0.307 e. The normalized spacial score (nSPS) is 12.4. The lowest BCUT2D eigenvalue weighted by Gasteiger charge is -2.09. The van der Waals surface area contributed by atoms with E-state index < -0.39 is 99.1 Å². The molecule has 0 saturated carbocycles. The number of carboxylic acids is 8. The molecule has 20 nitrogen and oxygen atoms in total. The molecule has 0 spiro atoms. The first-order valence-corrected chi connectivity index (χ1v) is 21.9. The number of aliphatic carboxylic acids is 8. The maximum Gasteiger partial charge on any atom is 0.307 e. The van der Waals surface area contributed by atoms with Crippen LogP contribution in [0.25, 0.3) is 44.4 Å². The summed E-state index contributed by atoms with van der Waals surface area (Å²) in [4.78, 5) is 114. The number of allylic oxidation sites excluding steroid dienone is 2. The van der Waals surface area contributed by atoms with E-state index in [1.54, 1.807) is 0 Å². The van der Waals surface area contributed by atoms with Gasteiger partial charge in [-0.05, 0) is 134 Å². The Morgan fingerprint density at radius 1 is 0.344 bits per heavy atom. The summed E-state index contributed by atoms with van der Waals surface area (Å²) < 4.78 is -0.157. The zero-order valence-electron chi connectivity index (χ0n) is 32.7. The van der Waals surface area contributed by atoms with Gasteiger partial charge in [-0.15, -0.1) is 0 Å². The quantitative estimate of drug-likeness (QED) is 0.0536. The highest BCUT2D eigenvalue weighted by atomic mass is 79.9. The summed E-state index contributed by atoms with van der Waals surface area (Å²) in [6, 6.07) is 0. The van der Waals surface area contributed by atoms with Gasteiger partial charge in [-0.1, -0.05) is 0 Å². The fourth-order valence-corrected chi connectivity index (χ4v) is 10.2. The number of aromatic amines is 2. The van der Waals surface area contributed by atoms with Gasteiger partial charge in [0.05, 0.1) is 88.4 Å². The van der Waals surface area contributed by atoms with Crippen molar-refractivity contribution in [2.24, 2.45) is 0 Å². The Morgan fingerprint density at radius 2 is 0.594 bits per heavy atom. The molecule has 0 aromatic carbocycles. The Bertz CT molecular complexity index is 2630. The van der Waals surface area contributed by atoms with Crippen molar-refractivity contribution in [3.63, 3.8) is 0 Å². The first-order valence-electron chi connectivity index (χ1n) is 18.7. The van der Waals surface area contributed by atoms with E-state index in [0.29, 0.717) is 0 Å². The molecule has 0 atom stereocenters. The number of halogens is 4. The van der Waals surface area contributed by atoms with Crippen LogP contribution in [0.2, 0.25) is 0 Å². The van der Waals surface area contributed by atoms with Crippen LogP contribution in [0.4, 0.5) is 0 Å². The third-order valence-corrected chi connectivity index (χ3v) is 13.2. The Balaban J connectivity index is 2.25. The van der Waals surface area contributed by atoms with Crippen molar-refractivity contribution >= 4 is 156 Å². The molecule has 64 heavy (non-hydrogen) atoms. The molecule has 24 heteroatoms. The van der Waals surface area contributed by atoms with Crippen LogP contribution in [0.3, 0.4) is 0 Å². The Morgan fingerprint density at radius 3 is 0.859 bits per heavy atom. The van der Waals surface area contributed by atoms with Crippen LogP contribution < -0.4 is 0 Å². The second kappa shape index (κ2) is 20.4. The van der Waals surface area contributed by atoms with Crippen LogP contribution in [-0.4, -0.2) is 109 Å². The highest BCUT2D eigenvalue weighted by molar-refractivity contribution is 9.11. The molecule has 2 aliphatic heterocycles. The number of carbonyl (C=O) groups is 8. The molecule has 5 heterocycles. The lowest BCUT2D eigenvalue weighted by molar-refractivity contribution is -0.138. The van der Waals surface area contributed by atoms with Crippen LogP contribution in [0.15, 0.2) is 17.9 Å². The molecule has 2 aliphatic rings. The number of carboxylic acid groups (broad SMARTS) is 8. The van der Waals surface area contributed by atoms with E-state index in [-0.39, 0.29) is 133 Å². The molecule has 0 radical (unpaired) electrons. The monoisotopic (exact) mass is 1140 g/mol. The summed E-state index contributed by atoms with van der Waals surface area (Å²) in [6.07, 6.45) is -6.51. The van der Waals surface area contributed by atoms with E-state index in [1.165, 1.54) is 0 Å². The van der Waals surface area contributed by atoms with Gasteiger partial charge in [0.25, 0.3) is 0 Å². The Kier molecular flexibility index (Phi) is 15.7. The lowest BCUT2D eigenvalue weighted by Crippen LogP contribution is -2.05. The number of nitrogens with zero attached hydrogens (tertiary/aromatic N) is 2. The number of H-pyrrole nitrogens is 2. The highest BCUT2D eigenvalue weighted by Crippen LogP contribution is 2.47. The van der Waals surface area contributed by atoms with Crippen molar-refractivity contribution in [1.82, 2.24) is 19.9 Å². The van der Waals surface area contributed by atoms with Crippen molar-refractivity contribution in [2.45, 2.75) is 77.0 Å². The number of hydrogen-bond donors (Lipinski definition) is 10. The SMILES string of the molecule is O=C(O)CCC1=C(CC(=O)O)c2nc1c(Br)c1[nH]c(c(Br)c3nc(c(Br)c4[nH]c(c2Br)c(CCC(=O)O)c4CC(=O)O)C(CCC(=O)O)=C3CC(=O)O)c(CCC(=O)O)c1CC(=O)O. The van der Waals surface area contributed by atoms with Crippen LogP contribution in [0, 0.1) is 0 Å². The average molecular weight is 1150 g/mol. The van der Waals surface area contributed by atoms with Gasteiger partial charge in [0.2, 0.25) is 0 Å². The third kappa shape index (κ3) is 10.8. The summed E-state index contributed by atoms with van der Waals surface area (Å²) in [5.41, 5.74) is -0.119. The molecule has 3 aromatic heterocycles. The van der Waals surface area contributed by atoms with Gasteiger partial charge in [-0.3, -0.25) is 38.4 Å². The van der Waals surface area contributed by atoms with Crippen LogP contribution in [0.1, 0.15) is 96.4 Å². The maximum atomic E-state index is 12.5. The molecule has 8 bridgehead atoms. The van der Waals surface area contributed by atoms with Crippen LogP contribution in [0.5, 0.6) is 0 Å². The van der Waals surface area contributed by atoms with Gasteiger partial charge in [-0.25, -0.2) is 9.97 Å². The summed E-state index contributed by atoms with van der Waals surface area (Å²) >= 11 is 14.1. The summed E-state index contributed by atoms with van der Waals surface area (Å²) in [5.74, 6) is -10.6. The van der Waals surface area contributed by atoms with E-state index in [2.05, 4.69) is 73.7 Å². The Hall–Kier alpha value is -5.72. The standard InChI is InChI=1S/C40H34Br4N4O16/c41-29-33-13(1-5-21(49)50)17(9-25(57)58)37(45-33)30(42)34-15(3-7-23(53)54)19(11-27(61)62)39(47-34)32(44)36-16(4-8-24(55)56)20(12-28(63)64)40(48-36)31(43)35-14(2-6-22(51)52)18(10-26(59)60)38(29)46-35/h45,48H,1-12H2,(H,49,50)(H,51,52)(H,53,54)(H,55,56)(H,57,58)(H,59,60)(H,61,62)(H,63,64). The highest BCUT2D eigenvalue weighted by Gasteiger charge is 2.33. The van der Waals surface area contributed by atoms with Gasteiger partial charge in [0.1, 0.15) is 0 Å². The Labute approximate surface area is 392 Å². The number of rotatable bonds is 20. The number of aryl methyl sites for hydroxylation is 2. The lowest BCUT2D eigenvalue weighted by atomic mass is 9.96. The topological polar surface area (TPSA) is 356 Å². The van der Waals surface area contributed by atoms with Gasteiger partial charge in [-0.2, -0.15) is 0 Å². The predicted octanol–water partition coefficient (Wildman–Crippen LogP) is 7.15. The second-order valence-electron chi connectivity index (χ2n) is 14.3. The first kappa shape index (κ1) is 49.3. The number of fused-ring (bicyclic) bond motifs is 8. The molecule has 0 unspecified atom stereocenters. The third-order valence-electron chi connectivity index (χ3n) is 10.1. The van der Waals surface area contributed by atoms with E-state index in [4.69, 9.17) is 9.97 Å². The predicted molar refractivity (Wildman–Crippen MR) is 238 cm³/mol. The zero-order valence-corrected chi connectivity index (χ0v) is 39.1. The number of aromatic nitrogens is 4. The van der Waals surface area contributed by atoms with Crippen LogP contribution in [-0.2, 0) is 64.0 Å². The number of hydrogen-bond acceptors (Lipinski definition) is 10. The fraction of sp³-hybridized carbons (Fsp3) is 0.300. The first-order chi connectivity index (χ1) is 30.0. The summed E-state index contributed by atoms with van der Waals surface area (Å²) in [6.45, 7) is 0. The van der Waals surface area contributed by atoms with E-state index in [1.807, 2.05) is 0 Å². The largest absolute Gasteiger partial charge is 0.481 e. The summed E-state index contributed by atoms with van der Waals surface area (Å²) in [7, 11) is 0. The minimum absolute atomic E-state index is 0.00159. The number of nitrogens with one attached hydrogen (secondary N) is 2. The van der Waals surface area contributed by atoms with Gasteiger partial charge in [0, 0.05) is 25.7 Å². The van der Waals surface area contributed by atoms with E-state index >= 15 is 0 Å². The minimum atomic E-state index is -1.38. The van der Waals surface area contributed by atoms with Crippen molar-refractivity contribution in [1.29, 1.82) is 0 Å². The second-order valence-corrected chi connectivity index (χ2v) is 17.5. The molecule has 0 aliphatic carbocycles. The molecule has 0 fully saturated rings. The average Bonchev–Trinajstić information content (AvgIpc) is 3.93. The van der Waals surface area contributed by atoms with Crippen LogP contribution >= 0.6 is 63.7 Å². The van der Waals surface area contributed by atoms with Crippen molar-refractivity contribution < 1.29 is 79.2 Å². The fourth-order valence-electron chi connectivity index (χ4n) is 7.56. The van der Waals surface area contributed by atoms with E-state index in [9.17, 15) is 79.2 Å². The van der Waals surface area contributed by atoms with Crippen molar-refractivity contribution in [3.05, 3.63) is 62.9 Å². The molecule has 5 rings (SSSR count). The van der Waals surface area contributed by atoms with Crippen molar-refractivity contribution in [3.8, 4) is 0 Å². The summed E-state index contributed by atoms with van der Waals surface area (Å²) in [5, 5.41) is 80.0. The molecular formula is C40H34Br4N4O16. The van der Waals surface area contributed by atoms with E-state index in [0.717, 1.165) is 0 Å². The molecule has 338 valence electrons. The zero-order chi connectivity index (χ0) is 47.5. The molecule has 10 N–H and O–H groups in total. The molecule has 0 amide bonds. The molecule has 3 aromatic rings. The van der Waals surface area contributed by atoms with Gasteiger partial charge >= 0.3 is 47.8 Å². The van der Waals surface area contributed by atoms with Crippen molar-refractivity contribution in [2.75, 3.05) is 0 Å². The minimum Gasteiger partial charge on any atom is -0.481 e. The van der Waals surface area contributed by atoms with Gasteiger partial charge < -0.3 is 50.8 Å². The maximum absolute atomic E-state index is 12.5. The molecular weight excluding hydrogens is 1110 g/mol. The van der Waals surface area contributed by atoms with Gasteiger partial charge in [0.15, 0.2) is 0 Å². The molecule has 0 saturated heterocycles.